The normalized spacial score (nSPS) is 11.5. The molecule has 108 valence electrons. The molecule has 0 aliphatic heterocycles. The third-order valence-electron chi connectivity index (χ3n) is 4.53. The highest BCUT2D eigenvalue weighted by atomic mass is 32.1. The van der Waals surface area contributed by atoms with E-state index in [0.29, 0.717) is 0 Å². The Balaban J connectivity index is 1.89. The van der Waals surface area contributed by atoms with Crippen LogP contribution in [0.2, 0.25) is 0 Å². The lowest BCUT2D eigenvalue weighted by Crippen LogP contribution is -1.82. The van der Waals surface area contributed by atoms with Crippen LogP contribution in [0.25, 0.3) is 43.4 Å². The molecular formula is C22H14S. The number of hydrogen-bond acceptors (Lipinski definition) is 1. The molecule has 4 aromatic carbocycles. The first-order valence-electron chi connectivity index (χ1n) is 7.76. The summed E-state index contributed by atoms with van der Waals surface area (Å²) in [6, 6.07) is 26.6. The Morgan fingerprint density at radius 1 is 0.565 bits per heavy atom. The van der Waals surface area contributed by atoms with Gasteiger partial charge in [-0.25, -0.2) is 0 Å². The van der Waals surface area contributed by atoms with Crippen LogP contribution in [0.4, 0.5) is 0 Å². The highest BCUT2D eigenvalue weighted by Gasteiger charge is 2.06. The molecule has 0 N–H and O–H groups in total. The summed E-state index contributed by atoms with van der Waals surface area (Å²) in [6.45, 7) is 0. The van der Waals surface area contributed by atoms with Gasteiger partial charge in [0.1, 0.15) is 0 Å². The second-order valence-corrected chi connectivity index (χ2v) is 6.72. The van der Waals surface area contributed by atoms with Gasteiger partial charge in [0.05, 0.1) is 0 Å². The first-order chi connectivity index (χ1) is 11.4. The SMILES string of the molecule is c1ccc2cc3cc4c(-c5ccsc5)cccc4cc3cc2c1. The van der Waals surface area contributed by atoms with E-state index in [9.17, 15) is 0 Å². The predicted molar refractivity (Wildman–Crippen MR) is 102 cm³/mol. The number of benzene rings is 4. The van der Waals surface area contributed by atoms with Gasteiger partial charge < -0.3 is 0 Å². The van der Waals surface area contributed by atoms with E-state index in [1.807, 2.05) is 0 Å². The molecule has 23 heavy (non-hydrogen) atoms. The van der Waals surface area contributed by atoms with Gasteiger partial charge in [-0.3, -0.25) is 0 Å². The summed E-state index contributed by atoms with van der Waals surface area (Å²) in [7, 11) is 0. The van der Waals surface area contributed by atoms with Crippen molar-refractivity contribution in [3.63, 3.8) is 0 Å². The lowest BCUT2D eigenvalue weighted by molar-refractivity contribution is 1.74. The minimum atomic E-state index is 1.30. The first kappa shape index (κ1) is 12.9. The number of thiophene rings is 1. The van der Waals surface area contributed by atoms with Crippen LogP contribution in [0, 0.1) is 0 Å². The molecule has 1 heterocycles. The van der Waals surface area contributed by atoms with Crippen LogP contribution in [0.1, 0.15) is 0 Å². The quantitative estimate of drug-likeness (QED) is 0.296. The smallest absolute Gasteiger partial charge is 0.00145 e. The molecule has 5 rings (SSSR count). The molecule has 0 aliphatic carbocycles. The average molecular weight is 310 g/mol. The molecule has 0 saturated heterocycles. The number of rotatable bonds is 1. The van der Waals surface area contributed by atoms with Crippen LogP contribution in [0.3, 0.4) is 0 Å². The summed E-state index contributed by atoms with van der Waals surface area (Å²) in [6.07, 6.45) is 0. The third-order valence-corrected chi connectivity index (χ3v) is 5.22. The van der Waals surface area contributed by atoms with Gasteiger partial charge in [0.2, 0.25) is 0 Å². The molecule has 0 bridgehead atoms. The zero-order valence-electron chi connectivity index (χ0n) is 12.5. The maximum atomic E-state index is 2.34. The van der Waals surface area contributed by atoms with Gasteiger partial charge in [-0.1, -0.05) is 42.5 Å². The first-order valence-corrected chi connectivity index (χ1v) is 8.71. The molecule has 0 nitrogen and oxygen atoms in total. The molecular weight excluding hydrogens is 296 g/mol. The van der Waals surface area contributed by atoms with Crippen LogP contribution in [-0.4, -0.2) is 0 Å². The van der Waals surface area contributed by atoms with Crippen molar-refractivity contribution in [2.45, 2.75) is 0 Å². The van der Waals surface area contributed by atoms with E-state index < -0.39 is 0 Å². The maximum absolute atomic E-state index is 2.34. The Kier molecular flexibility index (Phi) is 2.76. The van der Waals surface area contributed by atoms with Crippen molar-refractivity contribution in [2.75, 3.05) is 0 Å². The van der Waals surface area contributed by atoms with E-state index in [1.54, 1.807) is 11.3 Å². The van der Waals surface area contributed by atoms with E-state index in [-0.39, 0.29) is 0 Å². The van der Waals surface area contributed by atoms with Crippen molar-refractivity contribution < 1.29 is 0 Å². The van der Waals surface area contributed by atoms with Crippen molar-refractivity contribution in [3.05, 3.63) is 83.6 Å². The Bertz CT molecular complexity index is 1150. The zero-order valence-corrected chi connectivity index (χ0v) is 13.3. The fraction of sp³-hybridized carbons (Fsp3) is 0. The van der Waals surface area contributed by atoms with Gasteiger partial charge in [-0.15, -0.1) is 0 Å². The molecule has 0 spiro atoms. The lowest BCUT2D eigenvalue weighted by Gasteiger charge is -2.09. The van der Waals surface area contributed by atoms with E-state index in [2.05, 4.69) is 83.6 Å². The molecule has 1 aromatic heterocycles. The minimum Gasteiger partial charge on any atom is -0.152 e. The molecule has 0 aliphatic rings. The van der Waals surface area contributed by atoms with E-state index >= 15 is 0 Å². The zero-order chi connectivity index (χ0) is 15.2. The van der Waals surface area contributed by atoms with Gasteiger partial charge in [-0.2, -0.15) is 11.3 Å². The second kappa shape index (κ2) is 4.94. The summed E-state index contributed by atoms with van der Waals surface area (Å²) in [4.78, 5) is 0. The Morgan fingerprint density at radius 3 is 2.00 bits per heavy atom. The summed E-state index contributed by atoms with van der Waals surface area (Å²) in [5.41, 5.74) is 2.62. The summed E-state index contributed by atoms with van der Waals surface area (Å²) in [5, 5.41) is 12.2. The number of fused-ring (bicyclic) bond motifs is 3. The van der Waals surface area contributed by atoms with Crippen molar-refractivity contribution in [3.8, 4) is 11.1 Å². The number of hydrogen-bond donors (Lipinski definition) is 0. The molecule has 0 saturated carbocycles. The van der Waals surface area contributed by atoms with Crippen LogP contribution < -0.4 is 0 Å². The van der Waals surface area contributed by atoms with Gasteiger partial charge >= 0.3 is 0 Å². The van der Waals surface area contributed by atoms with Gasteiger partial charge in [0, 0.05) is 0 Å². The van der Waals surface area contributed by atoms with Crippen molar-refractivity contribution in [1.29, 1.82) is 0 Å². The Morgan fingerprint density at radius 2 is 1.26 bits per heavy atom. The van der Waals surface area contributed by atoms with Gasteiger partial charge in [0.15, 0.2) is 0 Å². The van der Waals surface area contributed by atoms with E-state index in [4.69, 9.17) is 0 Å². The van der Waals surface area contributed by atoms with Crippen LogP contribution in [0.5, 0.6) is 0 Å². The summed E-state index contributed by atoms with van der Waals surface area (Å²) in [5.74, 6) is 0. The largest absolute Gasteiger partial charge is 0.152 e. The summed E-state index contributed by atoms with van der Waals surface area (Å²) < 4.78 is 0. The predicted octanol–water partition coefficient (Wildman–Crippen LogP) is 6.87. The maximum Gasteiger partial charge on any atom is -0.00145 e. The molecule has 0 radical (unpaired) electrons. The van der Waals surface area contributed by atoms with E-state index in [1.165, 1.54) is 43.4 Å². The Labute approximate surface area is 138 Å². The standard InChI is InChI=1S/C22H14S/c1-2-5-16-11-20-13-22-17(12-19(20)10-15(16)4-1)6-3-7-21(22)18-8-9-23-14-18/h1-14H. The van der Waals surface area contributed by atoms with Crippen molar-refractivity contribution >= 4 is 43.7 Å². The highest BCUT2D eigenvalue weighted by Crippen LogP contribution is 2.34. The fourth-order valence-corrected chi connectivity index (χ4v) is 4.04. The van der Waals surface area contributed by atoms with Crippen molar-refractivity contribution in [1.82, 2.24) is 0 Å². The monoisotopic (exact) mass is 310 g/mol. The van der Waals surface area contributed by atoms with Gasteiger partial charge in [0.25, 0.3) is 0 Å². The average Bonchev–Trinajstić information content (AvgIpc) is 3.12. The van der Waals surface area contributed by atoms with Crippen LogP contribution in [-0.2, 0) is 0 Å². The Hall–Kier alpha value is -2.64. The molecule has 0 fully saturated rings. The highest BCUT2D eigenvalue weighted by molar-refractivity contribution is 7.08. The van der Waals surface area contributed by atoms with Crippen LogP contribution >= 0.6 is 11.3 Å². The summed E-state index contributed by atoms with van der Waals surface area (Å²) >= 11 is 1.75. The topological polar surface area (TPSA) is 0 Å². The van der Waals surface area contributed by atoms with Crippen LogP contribution in [0.15, 0.2) is 83.6 Å². The molecule has 0 amide bonds. The third kappa shape index (κ3) is 2.05. The van der Waals surface area contributed by atoms with Crippen molar-refractivity contribution in [2.24, 2.45) is 0 Å². The lowest BCUT2D eigenvalue weighted by atomic mass is 9.95. The molecule has 5 aromatic rings. The van der Waals surface area contributed by atoms with E-state index in [0.717, 1.165) is 0 Å². The molecule has 0 atom stereocenters. The minimum absolute atomic E-state index is 1.30. The second-order valence-electron chi connectivity index (χ2n) is 5.94. The fourth-order valence-electron chi connectivity index (χ4n) is 3.39. The van der Waals surface area contributed by atoms with Gasteiger partial charge in [-0.05, 0) is 84.5 Å². The molecule has 0 unspecified atom stereocenters. The molecule has 1 heteroatoms.